The first-order valence-corrected chi connectivity index (χ1v) is 7.96. The summed E-state index contributed by atoms with van der Waals surface area (Å²) in [7, 11) is 1.31. The number of nitrogens with one attached hydrogen (secondary N) is 1. The largest absolute Gasteiger partial charge is 0.465 e. The van der Waals surface area contributed by atoms with Crippen molar-refractivity contribution in [3.05, 3.63) is 53.2 Å². The first kappa shape index (κ1) is 17.1. The Labute approximate surface area is 137 Å². The van der Waals surface area contributed by atoms with Crippen LogP contribution in [0, 0.1) is 12.7 Å². The van der Waals surface area contributed by atoms with E-state index < -0.39 is 5.97 Å². The van der Waals surface area contributed by atoms with E-state index in [2.05, 4.69) is 10.1 Å². The summed E-state index contributed by atoms with van der Waals surface area (Å²) in [6, 6.07) is 7.17. The third-order valence-corrected chi connectivity index (χ3v) is 3.93. The Morgan fingerprint density at radius 3 is 2.65 bits per heavy atom. The minimum Gasteiger partial charge on any atom is -0.465 e. The fourth-order valence-corrected chi connectivity index (χ4v) is 2.61. The highest BCUT2D eigenvalue weighted by Crippen LogP contribution is 2.20. The lowest BCUT2D eigenvalue weighted by Gasteiger charge is -2.04. The summed E-state index contributed by atoms with van der Waals surface area (Å²) in [5.74, 6) is 0.756. The number of amides is 1. The molecule has 0 atom stereocenters. The van der Waals surface area contributed by atoms with Crippen LogP contribution >= 0.6 is 11.8 Å². The number of hydrogen-bond acceptors (Lipinski definition) is 5. The van der Waals surface area contributed by atoms with Crippen LogP contribution < -0.4 is 5.32 Å². The molecule has 5 nitrogen and oxygen atoms in total. The Morgan fingerprint density at radius 2 is 2.00 bits per heavy atom. The second-order valence-corrected chi connectivity index (χ2v) is 5.71. The quantitative estimate of drug-likeness (QED) is 0.818. The zero-order valence-corrected chi connectivity index (χ0v) is 13.5. The fourth-order valence-electron chi connectivity index (χ4n) is 1.90. The van der Waals surface area contributed by atoms with Crippen LogP contribution in [0.3, 0.4) is 0 Å². The van der Waals surface area contributed by atoms with Gasteiger partial charge in [-0.15, -0.1) is 11.8 Å². The maximum atomic E-state index is 12.8. The number of anilines is 1. The van der Waals surface area contributed by atoms with Gasteiger partial charge in [0.1, 0.15) is 22.9 Å². The summed E-state index contributed by atoms with van der Waals surface area (Å²) in [4.78, 5) is 23.3. The van der Waals surface area contributed by atoms with E-state index in [4.69, 9.17) is 4.42 Å². The molecule has 0 saturated heterocycles. The topological polar surface area (TPSA) is 68.5 Å². The van der Waals surface area contributed by atoms with Gasteiger partial charge in [0, 0.05) is 5.69 Å². The molecule has 0 aliphatic heterocycles. The van der Waals surface area contributed by atoms with Gasteiger partial charge in [0.2, 0.25) is 5.91 Å². The normalized spacial score (nSPS) is 10.4. The van der Waals surface area contributed by atoms with Gasteiger partial charge in [-0.1, -0.05) is 0 Å². The molecule has 0 spiro atoms. The van der Waals surface area contributed by atoms with E-state index in [0.29, 0.717) is 28.5 Å². The van der Waals surface area contributed by atoms with Crippen molar-refractivity contribution >= 4 is 29.3 Å². The Hall–Kier alpha value is -2.28. The van der Waals surface area contributed by atoms with Gasteiger partial charge in [0.05, 0.1) is 18.6 Å². The van der Waals surface area contributed by atoms with Crippen LogP contribution in [0.2, 0.25) is 0 Å². The van der Waals surface area contributed by atoms with Crippen molar-refractivity contribution < 1.29 is 23.1 Å². The fraction of sp³-hybridized carbons (Fsp3) is 0.250. The summed E-state index contributed by atoms with van der Waals surface area (Å²) < 4.78 is 22.9. The Kier molecular flexibility index (Phi) is 5.81. The number of rotatable bonds is 6. The van der Waals surface area contributed by atoms with Crippen LogP contribution in [0.15, 0.2) is 34.7 Å². The van der Waals surface area contributed by atoms with Crippen molar-refractivity contribution in [2.75, 3.05) is 18.2 Å². The Morgan fingerprint density at radius 1 is 1.30 bits per heavy atom. The van der Waals surface area contributed by atoms with E-state index in [9.17, 15) is 14.0 Å². The zero-order valence-electron chi connectivity index (χ0n) is 12.7. The zero-order chi connectivity index (χ0) is 16.8. The molecule has 1 amide bonds. The maximum Gasteiger partial charge on any atom is 0.341 e. The van der Waals surface area contributed by atoms with Gasteiger partial charge in [0.25, 0.3) is 0 Å². The van der Waals surface area contributed by atoms with Crippen molar-refractivity contribution in [1.82, 2.24) is 0 Å². The number of ether oxygens (including phenoxy) is 1. The van der Waals surface area contributed by atoms with Crippen LogP contribution in [-0.2, 0) is 15.3 Å². The van der Waals surface area contributed by atoms with E-state index in [1.165, 1.54) is 43.1 Å². The second kappa shape index (κ2) is 7.82. The molecule has 0 fully saturated rings. The number of halogens is 1. The number of methoxy groups -OCH3 is 1. The molecule has 1 N–H and O–H groups in total. The van der Waals surface area contributed by atoms with Gasteiger partial charge < -0.3 is 14.5 Å². The molecule has 0 radical (unpaired) electrons. The third-order valence-electron chi connectivity index (χ3n) is 2.98. The number of carbonyl (C=O) groups is 2. The van der Waals surface area contributed by atoms with Crippen LogP contribution in [0.1, 0.15) is 21.9 Å². The summed E-state index contributed by atoms with van der Waals surface area (Å²) in [5.41, 5.74) is 0.928. The summed E-state index contributed by atoms with van der Waals surface area (Å²) in [5, 5.41) is 2.67. The molecule has 2 rings (SSSR count). The van der Waals surface area contributed by atoms with E-state index in [1.54, 1.807) is 13.0 Å². The molecule has 1 heterocycles. The number of aryl methyl sites for hydroxylation is 1. The van der Waals surface area contributed by atoms with Crippen molar-refractivity contribution in [3.8, 4) is 0 Å². The predicted molar refractivity (Wildman–Crippen MR) is 86.0 cm³/mol. The summed E-state index contributed by atoms with van der Waals surface area (Å²) >= 11 is 1.35. The average Bonchev–Trinajstić information content (AvgIpc) is 2.89. The van der Waals surface area contributed by atoms with Gasteiger partial charge in [-0.05, 0) is 37.3 Å². The lowest BCUT2D eigenvalue weighted by molar-refractivity contribution is -0.113. The Balaban J connectivity index is 1.81. The van der Waals surface area contributed by atoms with Gasteiger partial charge in [-0.25, -0.2) is 9.18 Å². The molecular weight excluding hydrogens is 321 g/mol. The average molecular weight is 337 g/mol. The van der Waals surface area contributed by atoms with Gasteiger partial charge >= 0.3 is 5.97 Å². The van der Waals surface area contributed by atoms with Crippen molar-refractivity contribution in [3.63, 3.8) is 0 Å². The standard InChI is InChI=1S/C16H16FNO4S/c1-10-14(16(20)21-2)7-13(22-10)8-23-9-15(19)18-12-5-3-11(17)4-6-12/h3-7H,8-9H2,1-2H3,(H,18,19). The van der Waals surface area contributed by atoms with Crippen LogP contribution in [0.5, 0.6) is 0 Å². The number of thioether (sulfide) groups is 1. The number of furan rings is 1. The first-order valence-electron chi connectivity index (χ1n) is 6.80. The highest BCUT2D eigenvalue weighted by atomic mass is 32.2. The van der Waals surface area contributed by atoms with Crippen LogP contribution in [0.25, 0.3) is 0 Å². The number of esters is 1. The molecule has 2 aromatic rings. The maximum absolute atomic E-state index is 12.8. The molecule has 0 aliphatic carbocycles. The second-order valence-electron chi connectivity index (χ2n) is 4.72. The molecule has 0 unspecified atom stereocenters. The summed E-state index contributed by atoms with van der Waals surface area (Å²) in [6.07, 6.45) is 0. The molecule has 7 heteroatoms. The highest BCUT2D eigenvalue weighted by Gasteiger charge is 2.15. The Bertz CT molecular complexity index is 697. The minimum atomic E-state index is -0.448. The number of carbonyl (C=O) groups excluding carboxylic acids is 2. The molecular formula is C16H16FNO4S. The molecule has 0 aliphatic rings. The molecule has 0 saturated carbocycles. The van der Waals surface area contributed by atoms with E-state index >= 15 is 0 Å². The smallest absolute Gasteiger partial charge is 0.341 e. The lowest BCUT2D eigenvalue weighted by Crippen LogP contribution is -2.14. The number of benzene rings is 1. The van der Waals surface area contributed by atoms with Gasteiger partial charge in [0.15, 0.2) is 0 Å². The summed E-state index contributed by atoms with van der Waals surface area (Å²) in [6.45, 7) is 1.68. The van der Waals surface area contributed by atoms with E-state index in [0.717, 1.165) is 0 Å². The number of hydrogen-bond donors (Lipinski definition) is 1. The molecule has 122 valence electrons. The third kappa shape index (κ3) is 4.85. The molecule has 1 aromatic heterocycles. The monoisotopic (exact) mass is 337 g/mol. The molecule has 0 bridgehead atoms. The predicted octanol–water partition coefficient (Wildman–Crippen LogP) is 3.39. The van der Waals surface area contributed by atoms with Crippen molar-refractivity contribution in [2.45, 2.75) is 12.7 Å². The minimum absolute atomic E-state index is 0.196. The van der Waals surface area contributed by atoms with Crippen LogP contribution in [-0.4, -0.2) is 24.7 Å². The van der Waals surface area contributed by atoms with Gasteiger partial charge in [-0.2, -0.15) is 0 Å². The first-order chi connectivity index (χ1) is 11.0. The SMILES string of the molecule is COC(=O)c1cc(CSCC(=O)Nc2ccc(F)cc2)oc1C. The lowest BCUT2D eigenvalue weighted by atomic mass is 10.2. The highest BCUT2D eigenvalue weighted by molar-refractivity contribution is 7.99. The van der Waals surface area contributed by atoms with Crippen molar-refractivity contribution in [2.24, 2.45) is 0 Å². The van der Waals surface area contributed by atoms with E-state index in [-0.39, 0.29) is 17.5 Å². The molecule has 1 aromatic carbocycles. The molecule has 23 heavy (non-hydrogen) atoms. The van der Waals surface area contributed by atoms with Crippen LogP contribution in [0.4, 0.5) is 10.1 Å². The van der Waals surface area contributed by atoms with Gasteiger partial charge in [-0.3, -0.25) is 4.79 Å². The van der Waals surface area contributed by atoms with E-state index in [1.807, 2.05) is 0 Å². The van der Waals surface area contributed by atoms with Crippen molar-refractivity contribution in [1.29, 1.82) is 0 Å².